The largest absolute Gasteiger partial charge is 0.391 e. The lowest BCUT2D eigenvalue weighted by Gasteiger charge is -2.27. The number of aliphatic hydroxyl groups is 2. The number of halogens is 2. The second-order valence-corrected chi connectivity index (χ2v) is 6.01. The number of rotatable bonds is 2. The second-order valence-electron chi connectivity index (χ2n) is 5.83. The molecule has 0 bridgehead atoms. The Hall–Kier alpha value is -2.16. The summed E-state index contributed by atoms with van der Waals surface area (Å²) in [5, 5.41) is 22.0. The fraction of sp³-hybridized carbons (Fsp3) is 0.429. The maximum absolute atomic E-state index is 14.3. The van der Waals surface area contributed by atoms with Gasteiger partial charge in [0, 0.05) is 11.6 Å². The standard InChI is InChI=1S/C14H15ClFN5O4/c1-5(22)8-9(23)14(18,2-3-15)12(25-8)21-4-6(16)7-10(21)19-13(17)20-11(7)24/h4-5,8-9,12,22-23H,18H2,1H3,(H3,17,19,20,24)/t5-,8+,9?,12+,14?/m0/s1. The lowest BCUT2D eigenvalue weighted by atomic mass is 9.90. The van der Waals surface area contributed by atoms with Gasteiger partial charge in [0.1, 0.15) is 17.6 Å². The van der Waals surface area contributed by atoms with Crippen molar-refractivity contribution < 1.29 is 19.3 Å². The number of nitrogen functional groups attached to an aromatic ring is 1. The van der Waals surface area contributed by atoms with Crippen molar-refractivity contribution in [2.75, 3.05) is 5.73 Å². The summed E-state index contributed by atoms with van der Waals surface area (Å²) in [7, 11) is 0. The summed E-state index contributed by atoms with van der Waals surface area (Å²) in [6.07, 6.45) is -4.01. The van der Waals surface area contributed by atoms with E-state index < -0.39 is 41.5 Å². The molecule has 0 aromatic carbocycles. The topological polar surface area (TPSA) is 152 Å². The molecule has 3 rings (SSSR count). The van der Waals surface area contributed by atoms with Crippen molar-refractivity contribution in [2.24, 2.45) is 5.73 Å². The zero-order chi connectivity index (χ0) is 18.5. The molecular weight excluding hydrogens is 357 g/mol. The fourth-order valence-corrected chi connectivity index (χ4v) is 3.12. The zero-order valence-electron chi connectivity index (χ0n) is 12.9. The number of hydrogen-bond acceptors (Lipinski definition) is 7. The van der Waals surface area contributed by atoms with Crippen LogP contribution in [0.15, 0.2) is 11.0 Å². The minimum Gasteiger partial charge on any atom is -0.391 e. The highest BCUT2D eigenvalue weighted by atomic mass is 35.5. The number of nitrogens with two attached hydrogens (primary N) is 2. The van der Waals surface area contributed by atoms with E-state index in [9.17, 15) is 19.4 Å². The SMILES string of the molecule is C[C@H](O)[C@H]1O[C@@H](n2cc(F)c3c(=O)[nH]c(N)nc32)C(N)(C#CCl)C1O. The van der Waals surface area contributed by atoms with E-state index in [2.05, 4.69) is 21.3 Å². The van der Waals surface area contributed by atoms with Crippen LogP contribution in [0.3, 0.4) is 0 Å². The molecule has 0 radical (unpaired) electrons. The lowest BCUT2D eigenvalue weighted by Crippen LogP contribution is -2.54. The van der Waals surface area contributed by atoms with E-state index in [0.29, 0.717) is 0 Å². The van der Waals surface area contributed by atoms with Gasteiger partial charge in [0.15, 0.2) is 23.2 Å². The molecule has 2 aromatic heterocycles. The van der Waals surface area contributed by atoms with Gasteiger partial charge in [-0.1, -0.05) is 5.92 Å². The minimum atomic E-state index is -1.79. The van der Waals surface area contributed by atoms with Gasteiger partial charge in [0.05, 0.1) is 6.10 Å². The third-order valence-electron chi connectivity index (χ3n) is 4.14. The van der Waals surface area contributed by atoms with Crippen LogP contribution in [0.25, 0.3) is 11.0 Å². The van der Waals surface area contributed by atoms with Crippen LogP contribution in [0.1, 0.15) is 13.2 Å². The molecule has 0 amide bonds. The van der Waals surface area contributed by atoms with Gasteiger partial charge in [-0.15, -0.1) is 0 Å². The van der Waals surface area contributed by atoms with Gasteiger partial charge in [-0.05, 0) is 18.5 Å². The van der Waals surface area contributed by atoms with Crippen molar-refractivity contribution in [2.45, 2.75) is 37.0 Å². The monoisotopic (exact) mass is 371 g/mol. The summed E-state index contributed by atoms with van der Waals surface area (Å²) in [5.74, 6) is 1.30. The van der Waals surface area contributed by atoms with Crippen molar-refractivity contribution >= 4 is 28.6 Å². The van der Waals surface area contributed by atoms with Gasteiger partial charge < -0.3 is 26.4 Å². The molecule has 0 saturated carbocycles. The second kappa shape index (κ2) is 5.98. The first-order valence-electron chi connectivity index (χ1n) is 7.19. The number of H-pyrrole nitrogens is 1. The molecule has 3 heterocycles. The normalized spacial score (nSPS) is 30.2. The third-order valence-corrected chi connectivity index (χ3v) is 4.24. The minimum absolute atomic E-state index is 0.145. The Balaban J connectivity index is 2.25. The van der Waals surface area contributed by atoms with E-state index in [0.717, 1.165) is 10.8 Å². The Morgan fingerprint density at radius 2 is 2.32 bits per heavy atom. The van der Waals surface area contributed by atoms with Gasteiger partial charge in [-0.3, -0.25) is 14.3 Å². The quantitative estimate of drug-likeness (QED) is 0.424. The van der Waals surface area contributed by atoms with Gasteiger partial charge >= 0.3 is 0 Å². The Labute approximate surface area is 145 Å². The van der Waals surface area contributed by atoms with Gasteiger partial charge in [-0.2, -0.15) is 4.98 Å². The van der Waals surface area contributed by atoms with Crippen LogP contribution in [-0.4, -0.2) is 48.6 Å². The Kier molecular flexibility index (Phi) is 4.22. The molecule has 25 heavy (non-hydrogen) atoms. The molecule has 11 heteroatoms. The smallest absolute Gasteiger partial charge is 0.264 e. The van der Waals surface area contributed by atoms with Crippen LogP contribution in [0.2, 0.25) is 0 Å². The summed E-state index contributed by atoms with van der Waals surface area (Å²) >= 11 is 5.45. The number of fused-ring (bicyclic) bond motifs is 1. The number of anilines is 1. The van der Waals surface area contributed by atoms with Crippen molar-refractivity contribution in [1.82, 2.24) is 14.5 Å². The first-order valence-corrected chi connectivity index (χ1v) is 7.57. The molecule has 1 aliphatic heterocycles. The maximum Gasteiger partial charge on any atom is 0.264 e. The number of nitrogens with zero attached hydrogens (tertiary/aromatic N) is 2. The zero-order valence-corrected chi connectivity index (χ0v) is 13.7. The fourth-order valence-electron chi connectivity index (χ4n) is 2.95. The molecule has 9 nitrogen and oxygen atoms in total. The van der Waals surface area contributed by atoms with E-state index in [1.165, 1.54) is 6.92 Å². The van der Waals surface area contributed by atoms with Crippen molar-refractivity contribution in [3.63, 3.8) is 0 Å². The number of aliphatic hydroxyl groups excluding tert-OH is 2. The number of hydrogen-bond donors (Lipinski definition) is 5. The average Bonchev–Trinajstić information content (AvgIpc) is 2.96. The van der Waals surface area contributed by atoms with Crippen LogP contribution in [0, 0.1) is 17.1 Å². The van der Waals surface area contributed by atoms with E-state index >= 15 is 0 Å². The molecule has 1 aliphatic rings. The first-order chi connectivity index (χ1) is 11.7. The molecule has 2 aromatic rings. The molecule has 1 fully saturated rings. The van der Waals surface area contributed by atoms with Crippen LogP contribution in [0.4, 0.5) is 10.3 Å². The Morgan fingerprint density at radius 1 is 1.64 bits per heavy atom. The summed E-state index contributed by atoms with van der Waals surface area (Å²) in [4.78, 5) is 18.0. The first kappa shape index (κ1) is 17.7. The van der Waals surface area contributed by atoms with E-state index in [1.54, 1.807) is 0 Å². The van der Waals surface area contributed by atoms with Crippen LogP contribution >= 0.6 is 11.6 Å². The number of nitrogens with one attached hydrogen (secondary N) is 1. The molecule has 7 N–H and O–H groups in total. The summed E-state index contributed by atoms with van der Waals surface area (Å²) < 4.78 is 21.0. The maximum atomic E-state index is 14.3. The predicted molar refractivity (Wildman–Crippen MR) is 86.9 cm³/mol. The van der Waals surface area contributed by atoms with Crippen molar-refractivity contribution in [1.29, 1.82) is 0 Å². The Morgan fingerprint density at radius 3 is 2.92 bits per heavy atom. The molecular formula is C14H15ClFN5O4. The highest BCUT2D eigenvalue weighted by Gasteiger charge is 2.56. The molecule has 0 aliphatic carbocycles. The van der Waals surface area contributed by atoms with E-state index in [4.69, 9.17) is 27.8 Å². The number of ether oxygens (including phenoxy) is 1. The summed E-state index contributed by atoms with van der Waals surface area (Å²) in [5.41, 5.74) is 8.96. The average molecular weight is 372 g/mol. The molecule has 2 unspecified atom stereocenters. The molecule has 134 valence electrons. The Bertz CT molecular complexity index is 948. The van der Waals surface area contributed by atoms with Crippen molar-refractivity contribution in [3.05, 3.63) is 22.4 Å². The van der Waals surface area contributed by atoms with Gasteiger partial charge in [0.25, 0.3) is 5.56 Å². The number of aromatic nitrogens is 3. The lowest BCUT2D eigenvalue weighted by molar-refractivity contribution is -0.0756. The van der Waals surface area contributed by atoms with Crippen LogP contribution in [0.5, 0.6) is 0 Å². The summed E-state index contributed by atoms with van der Waals surface area (Å²) in [6, 6.07) is 0. The van der Waals surface area contributed by atoms with Crippen LogP contribution < -0.4 is 17.0 Å². The highest BCUT2D eigenvalue weighted by Crippen LogP contribution is 2.39. The molecule has 5 atom stereocenters. The summed E-state index contributed by atoms with van der Waals surface area (Å²) in [6.45, 7) is 1.39. The van der Waals surface area contributed by atoms with Gasteiger partial charge in [-0.25, -0.2) is 4.39 Å². The predicted octanol–water partition coefficient (Wildman–Crippen LogP) is -1.02. The van der Waals surface area contributed by atoms with E-state index in [1.807, 2.05) is 0 Å². The molecule has 0 spiro atoms. The van der Waals surface area contributed by atoms with Crippen LogP contribution in [-0.2, 0) is 4.74 Å². The van der Waals surface area contributed by atoms with Gasteiger partial charge in [0.2, 0.25) is 5.95 Å². The molecule has 1 saturated heterocycles. The highest BCUT2D eigenvalue weighted by molar-refractivity contribution is 6.30. The number of aromatic amines is 1. The third kappa shape index (κ3) is 2.57. The van der Waals surface area contributed by atoms with E-state index in [-0.39, 0.29) is 17.0 Å². The van der Waals surface area contributed by atoms with Crippen molar-refractivity contribution in [3.8, 4) is 11.3 Å².